The molecule has 0 saturated carbocycles. The lowest BCUT2D eigenvalue weighted by atomic mass is 10.1. The number of hydrogen-bond donors (Lipinski definition) is 0. The SMILES string of the molecule is CCOC(=O)CSc1ncc(-c2ccc(C)cc2)n1-c1cccc(Cl)c1. The summed E-state index contributed by atoms with van der Waals surface area (Å²) in [5, 5.41) is 1.36. The lowest BCUT2D eigenvalue weighted by Gasteiger charge is -2.12. The zero-order chi connectivity index (χ0) is 18.5. The van der Waals surface area contributed by atoms with Crippen molar-refractivity contribution in [2.45, 2.75) is 19.0 Å². The number of benzene rings is 2. The van der Waals surface area contributed by atoms with Gasteiger partial charge in [-0.05, 0) is 32.0 Å². The van der Waals surface area contributed by atoms with Gasteiger partial charge in [-0.15, -0.1) is 0 Å². The Morgan fingerprint density at radius 3 is 2.69 bits per heavy atom. The molecule has 0 aliphatic rings. The van der Waals surface area contributed by atoms with Crippen molar-refractivity contribution in [3.8, 4) is 16.9 Å². The van der Waals surface area contributed by atoms with Crippen LogP contribution in [0, 0.1) is 6.92 Å². The molecular weight excluding hydrogens is 368 g/mol. The minimum Gasteiger partial charge on any atom is -0.465 e. The van der Waals surface area contributed by atoms with E-state index in [1.165, 1.54) is 17.3 Å². The lowest BCUT2D eigenvalue weighted by Crippen LogP contribution is -2.08. The summed E-state index contributed by atoms with van der Waals surface area (Å²) in [5.74, 6) is -0.0475. The van der Waals surface area contributed by atoms with E-state index in [-0.39, 0.29) is 11.7 Å². The Kier molecular flexibility index (Phi) is 6.01. The average Bonchev–Trinajstić information content (AvgIpc) is 3.05. The Balaban J connectivity index is 2.02. The van der Waals surface area contributed by atoms with E-state index >= 15 is 0 Å². The summed E-state index contributed by atoms with van der Waals surface area (Å²) in [4.78, 5) is 16.3. The van der Waals surface area contributed by atoms with Gasteiger partial charge in [0.15, 0.2) is 5.16 Å². The number of hydrogen-bond acceptors (Lipinski definition) is 4. The average molecular weight is 387 g/mol. The molecule has 134 valence electrons. The first kappa shape index (κ1) is 18.5. The molecule has 1 aromatic heterocycles. The van der Waals surface area contributed by atoms with Crippen molar-refractivity contribution < 1.29 is 9.53 Å². The number of ether oxygens (including phenoxy) is 1. The van der Waals surface area contributed by atoms with Crippen LogP contribution < -0.4 is 0 Å². The van der Waals surface area contributed by atoms with Crippen molar-refractivity contribution in [3.63, 3.8) is 0 Å². The highest BCUT2D eigenvalue weighted by Crippen LogP contribution is 2.31. The van der Waals surface area contributed by atoms with Gasteiger partial charge in [-0.1, -0.05) is 59.3 Å². The molecule has 0 atom stereocenters. The molecule has 0 aliphatic heterocycles. The quantitative estimate of drug-likeness (QED) is 0.433. The molecular formula is C20H19ClN2O2S. The second-order valence-electron chi connectivity index (χ2n) is 5.70. The van der Waals surface area contributed by atoms with E-state index < -0.39 is 0 Å². The van der Waals surface area contributed by atoms with Crippen molar-refractivity contribution in [1.82, 2.24) is 9.55 Å². The Morgan fingerprint density at radius 1 is 1.23 bits per heavy atom. The molecule has 26 heavy (non-hydrogen) atoms. The van der Waals surface area contributed by atoms with Crippen LogP contribution in [0.3, 0.4) is 0 Å². The molecule has 0 spiro atoms. The van der Waals surface area contributed by atoms with Gasteiger partial charge in [0.25, 0.3) is 0 Å². The highest BCUT2D eigenvalue weighted by atomic mass is 35.5. The van der Waals surface area contributed by atoms with Crippen LogP contribution in [0.1, 0.15) is 12.5 Å². The maximum absolute atomic E-state index is 11.7. The summed E-state index contributed by atoms with van der Waals surface area (Å²) < 4.78 is 7.03. The van der Waals surface area contributed by atoms with Crippen LogP contribution in [0.4, 0.5) is 0 Å². The summed E-state index contributed by atoms with van der Waals surface area (Å²) in [6, 6.07) is 15.8. The fourth-order valence-electron chi connectivity index (χ4n) is 2.56. The fraction of sp³-hybridized carbons (Fsp3) is 0.200. The van der Waals surface area contributed by atoms with Gasteiger partial charge in [0, 0.05) is 16.3 Å². The van der Waals surface area contributed by atoms with Crippen LogP contribution in [-0.2, 0) is 9.53 Å². The first-order valence-corrected chi connectivity index (χ1v) is 9.64. The molecule has 0 unspecified atom stereocenters. The van der Waals surface area contributed by atoms with Gasteiger partial charge in [-0.2, -0.15) is 0 Å². The molecule has 3 aromatic rings. The molecule has 0 N–H and O–H groups in total. The van der Waals surface area contributed by atoms with E-state index in [0.29, 0.717) is 11.6 Å². The maximum Gasteiger partial charge on any atom is 0.316 e. The Morgan fingerprint density at radius 2 is 2.00 bits per heavy atom. The van der Waals surface area contributed by atoms with E-state index in [1.807, 2.05) is 35.0 Å². The number of esters is 1. The topological polar surface area (TPSA) is 44.1 Å². The molecule has 4 nitrogen and oxygen atoms in total. The van der Waals surface area contributed by atoms with E-state index in [9.17, 15) is 4.79 Å². The first-order chi connectivity index (χ1) is 12.6. The normalized spacial score (nSPS) is 10.7. The van der Waals surface area contributed by atoms with Crippen LogP contribution in [0.2, 0.25) is 5.02 Å². The first-order valence-electron chi connectivity index (χ1n) is 8.27. The molecule has 3 rings (SSSR count). The van der Waals surface area contributed by atoms with Crippen LogP contribution in [0.5, 0.6) is 0 Å². The second-order valence-corrected chi connectivity index (χ2v) is 7.08. The Hall–Kier alpha value is -2.24. The third kappa shape index (κ3) is 4.29. The maximum atomic E-state index is 11.7. The second kappa shape index (κ2) is 8.43. The van der Waals surface area contributed by atoms with Crippen LogP contribution in [-0.4, -0.2) is 27.9 Å². The predicted octanol–water partition coefficient (Wildman–Crippen LogP) is 5.16. The van der Waals surface area contributed by atoms with E-state index in [1.54, 1.807) is 6.92 Å². The lowest BCUT2D eigenvalue weighted by molar-refractivity contribution is -0.139. The number of nitrogens with zero attached hydrogens (tertiary/aromatic N) is 2. The van der Waals surface area contributed by atoms with Gasteiger partial charge >= 0.3 is 5.97 Å². The summed E-state index contributed by atoms with van der Waals surface area (Å²) in [7, 11) is 0. The van der Waals surface area contributed by atoms with Gasteiger partial charge in [0.2, 0.25) is 0 Å². The monoisotopic (exact) mass is 386 g/mol. The molecule has 0 saturated heterocycles. The third-order valence-electron chi connectivity index (χ3n) is 3.77. The molecule has 0 aliphatic carbocycles. The Bertz CT molecular complexity index is 906. The summed E-state index contributed by atoms with van der Waals surface area (Å²) in [5.41, 5.74) is 4.08. The fourth-order valence-corrected chi connectivity index (χ4v) is 3.53. The van der Waals surface area contributed by atoms with E-state index in [2.05, 4.69) is 36.2 Å². The molecule has 0 bridgehead atoms. The van der Waals surface area contributed by atoms with Crippen molar-refractivity contribution in [1.29, 1.82) is 0 Å². The van der Waals surface area contributed by atoms with Crippen molar-refractivity contribution >= 4 is 29.3 Å². The van der Waals surface area contributed by atoms with Crippen molar-refractivity contribution in [2.75, 3.05) is 12.4 Å². The van der Waals surface area contributed by atoms with Gasteiger partial charge in [0.1, 0.15) is 0 Å². The van der Waals surface area contributed by atoms with Crippen LogP contribution in [0.25, 0.3) is 16.9 Å². The number of carbonyl (C=O) groups is 1. The van der Waals surface area contributed by atoms with Gasteiger partial charge in [-0.25, -0.2) is 4.98 Å². The van der Waals surface area contributed by atoms with Crippen molar-refractivity contribution in [2.24, 2.45) is 0 Å². The van der Waals surface area contributed by atoms with Gasteiger partial charge in [-0.3, -0.25) is 9.36 Å². The number of aromatic nitrogens is 2. The zero-order valence-electron chi connectivity index (χ0n) is 14.6. The molecule has 0 radical (unpaired) electrons. The highest BCUT2D eigenvalue weighted by molar-refractivity contribution is 7.99. The predicted molar refractivity (Wildman–Crippen MR) is 106 cm³/mol. The summed E-state index contributed by atoms with van der Waals surface area (Å²) >= 11 is 7.54. The van der Waals surface area contributed by atoms with Gasteiger partial charge in [0.05, 0.1) is 24.3 Å². The molecule has 0 fully saturated rings. The molecule has 1 heterocycles. The standard InChI is InChI=1S/C20H19ClN2O2S/c1-3-25-19(24)13-26-20-22-12-18(15-9-7-14(2)8-10-15)23(20)17-6-4-5-16(21)11-17/h4-12H,3,13H2,1-2H3. The summed E-state index contributed by atoms with van der Waals surface area (Å²) in [6.45, 7) is 4.22. The molecule has 6 heteroatoms. The number of thioether (sulfide) groups is 1. The van der Waals surface area contributed by atoms with E-state index in [4.69, 9.17) is 16.3 Å². The minimum absolute atomic E-state index is 0.207. The molecule has 0 amide bonds. The van der Waals surface area contributed by atoms with Crippen LogP contribution >= 0.6 is 23.4 Å². The number of imidazole rings is 1. The van der Waals surface area contributed by atoms with Gasteiger partial charge < -0.3 is 4.74 Å². The number of aryl methyl sites for hydroxylation is 1. The molecule has 2 aromatic carbocycles. The highest BCUT2D eigenvalue weighted by Gasteiger charge is 2.16. The number of rotatable bonds is 6. The van der Waals surface area contributed by atoms with Crippen LogP contribution in [0.15, 0.2) is 59.9 Å². The zero-order valence-corrected chi connectivity index (χ0v) is 16.2. The third-order valence-corrected chi connectivity index (χ3v) is 4.93. The number of halogens is 1. The largest absolute Gasteiger partial charge is 0.465 e. The number of carbonyl (C=O) groups excluding carboxylic acids is 1. The summed E-state index contributed by atoms with van der Waals surface area (Å²) in [6.07, 6.45) is 1.82. The van der Waals surface area contributed by atoms with Crippen molar-refractivity contribution in [3.05, 3.63) is 65.3 Å². The minimum atomic E-state index is -0.255. The van der Waals surface area contributed by atoms with E-state index in [0.717, 1.165) is 22.1 Å². The Labute approximate surface area is 162 Å². The smallest absolute Gasteiger partial charge is 0.316 e.